The van der Waals surface area contributed by atoms with Crippen molar-refractivity contribution < 1.29 is 19.1 Å². The van der Waals surface area contributed by atoms with E-state index in [4.69, 9.17) is 9.52 Å². The van der Waals surface area contributed by atoms with Gasteiger partial charge in [0.05, 0.1) is 25.0 Å². The summed E-state index contributed by atoms with van der Waals surface area (Å²) < 4.78 is 5.85. The molecule has 6 heteroatoms. The SMILES string of the molecule is O=C(O)CC(NC(=O)CCc1ccoc1)c1ccc(Br)cc1. The molecule has 2 rings (SSSR count). The van der Waals surface area contributed by atoms with Crippen molar-refractivity contribution in [3.8, 4) is 0 Å². The summed E-state index contributed by atoms with van der Waals surface area (Å²) in [5.41, 5.74) is 1.70. The summed E-state index contributed by atoms with van der Waals surface area (Å²) >= 11 is 3.33. The Kier molecular flexibility index (Phi) is 5.77. The number of rotatable bonds is 7. The average Bonchev–Trinajstić information content (AvgIpc) is 2.98. The number of furan rings is 1. The van der Waals surface area contributed by atoms with E-state index in [1.807, 2.05) is 12.1 Å². The molecule has 0 saturated carbocycles. The van der Waals surface area contributed by atoms with Crippen molar-refractivity contribution in [1.82, 2.24) is 5.32 Å². The highest BCUT2D eigenvalue weighted by Crippen LogP contribution is 2.20. The van der Waals surface area contributed by atoms with Gasteiger partial charge in [0.2, 0.25) is 5.91 Å². The molecular formula is C16H16BrNO4. The number of amides is 1. The number of aliphatic carboxylic acids is 1. The third kappa shape index (κ3) is 5.04. The average molecular weight is 366 g/mol. The third-order valence-corrected chi connectivity index (χ3v) is 3.74. The second-order valence-electron chi connectivity index (χ2n) is 4.90. The summed E-state index contributed by atoms with van der Waals surface area (Å²) in [6.45, 7) is 0. The van der Waals surface area contributed by atoms with Crippen LogP contribution in [-0.4, -0.2) is 17.0 Å². The molecule has 116 valence electrons. The Balaban J connectivity index is 1.98. The Morgan fingerprint density at radius 3 is 2.55 bits per heavy atom. The van der Waals surface area contributed by atoms with Crippen LogP contribution in [0.25, 0.3) is 0 Å². The van der Waals surface area contributed by atoms with Gasteiger partial charge in [0.15, 0.2) is 0 Å². The van der Waals surface area contributed by atoms with Gasteiger partial charge in [0.25, 0.3) is 0 Å². The zero-order chi connectivity index (χ0) is 15.9. The highest BCUT2D eigenvalue weighted by Gasteiger charge is 2.18. The smallest absolute Gasteiger partial charge is 0.305 e. The number of nitrogens with one attached hydrogen (secondary N) is 1. The standard InChI is InChI=1S/C16H16BrNO4/c17-13-4-2-12(3-5-13)14(9-16(20)21)18-15(19)6-1-11-7-8-22-10-11/h2-5,7-8,10,14H,1,6,9H2,(H,18,19)(H,20,21). The molecule has 1 aromatic heterocycles. The third-order valence-electron chi connectivity index (χ3n) is 3.21. The molecule has 1 unspecified atom stereocenters. The van der Waals surface area contributed by atoms with Gasteiger partial charge in [-0.15, -0.1) is 0 Å². The van der Waals surface area contributed by atoms with Crippen LogP contribution in [-0.2, 0) is 16.0 Å². The van der Waals surface area contributed by atoms with Crippen LogP contribution in [0.15, 0.2) is 51.7 Å². The second kappa shape index (κ2) is 7.79. The summed E-state index contributed by atoms with van der Waals surface area (Å²) in [5, 5.41) is 11.8. The number of carboxylic acid groups (broad SMARTS) is 1. The highest BCUT2D eigenvalue weighted by molar-refractivity contribution is 9.10. The van der Waals surface area contributed by atoms with Crippen LogP contribution in [0.2, 0.25) is 0 Å². The predicted molar refractivity (Wildman–Crippen MR) is 84.3 cm³/mol. The first-order valence-corrected chi connectivity index (χ1v) is 7.61. The van der Waals surface area contributed by atoms with Gasteiger partial charge >= 0.3 is 5.97 Å². The molecule has 1 atom stereocenters. The van der Waals surface area contributed by atoms with Gasteiger partial charge in [-0.2, -0.15) is 0 Å². The highest BCUT2D eigenvalue weighted by atomic mass is 79.9. The number of hydrogen-bond donors (Lipinski definition) is 2. The van der Waals surface area contributed by atoms with Gasteiger partial charge in [-0.3, -0.25) is 9.59 Å². The molecular weight excluding hydrogens is 350 g/mol. The Morgan fingerprint density at radius 1 is 1.23 bits per heavy atom. The van der Waals surface area contributed by atoms with Crippen LogP contribution in [0.5, 0.6) is 0 Å². The lowest BCUT2D eigenvalue weighted by molar-refractivity contribution is -0.137. The first-order valence-electron chi connectivity index (χ1n) is 6.82. The fraction of sp³-hybridized carbons (Fsp3) is 0.250. The van der Waals surface area contributed by atoms with E-state index in [0.717, 1.165) is 15.6 Å². The molecule has 5 nitrogen and oxygen atoms in total. The maximum Gasteiger partial charge on any atom is 0.305 e. The minimum absolute atomic E-state index is 0.154. The molecule has 0 aliphatic rings. The predicted octanol–water partition coefficient (Wildman–Crippen LogP) is 3.31. The molecule has 0 bridgehead atoms. The van der Waals surface area contributed by atoms with Crippen LogP contribution in [0, 0.1) is 0 Å². The second-order valence-corrected chi connectivity index (χ2v) is 5.82. The van der Waals surface area contributed by atoms with Crippen LogP contribution >= 0.6 is 15.9 Å². The van der Waals surface area contributed by atoms with E-state index in [0.29, 0.717) is 6.42 Å². The number of carboxylic acids is 1. The summed E-state index contributed by atoms with van der Waals surface area (Å²) in [4.78, 5) is 23.0. The van der Waals surface area contributed by atoms with Crippen LogP contribution in [0.1, 0.15) is 30.0 Å². The Hall–Kier alpha value is -2.08. The first-order chi connectivity index (χ1) is 10.5. The van der Waals surface area contributed by atoms with Crippen molar-refractivity contribution >= 4 is 27.8 Å². The Bertz CT molecular complexity index is 622. The lowest BCUT2D eigenvalue weighted by atomic mass is 10.0. The van der Waals surface area contributed by atoms with Crippen molar-refractivity contribution in [2.45, 2.75) is 25.3 Å². The summed E-state index contributed by atoms with van der Waals surface area (Å²) in [6.07, 6.45) is 3.84. The fourth-order valence-corrected chi connectivity index (χ4v) is 2.35. The van der Waals surface area contributed by atoms with Crippen molar-refractivity contribution in [3.63, 3.8) is 0 Å². The van der Waals surface area contributed by atoms with Gasteiger partial charge in [0.1, 0.15) is 0 Å². The first kappa shape index (κ1) is 16.3. The monoisotopic (exact) mass is 365 g/mol. The molecule has 22 heavy (non-hydrogen) atoms. The zero-order valence-electron chi connectivity index (χ0n) is 11.8. The molecule has 0 aliphatic heterocycles. The van der Waals surface area contributed by atoms with Gasteiger partial charge < -0.3 is 14.8 Å². The van der Waals surface area contributed by atoms with Gasteiger partial charge in [-0.05, 0) is 35.7 Å². The molecule has 1 aromatic carbocycles. The number of benzene rings is 1. The largest absolute Gasteiger partial charge is 0.481 e. The summed E-state index contributed by atoms with van der Waals surface area (Å²) in [6, 6.07) is 8.50. The topological polar surface area (TPSA) is 79.5 Å². The number of hydrogen-bond acceptors (Lipinski definition) is 3. The van der Waals surface area contributed by atoms with Crippen molar-refractivity contribution in [2.75, 3.05) is 0 Å². The molecule has 2 N–H and O–H groups in total. The zero-order valence-corrected chi connectivity index (χ0v) is 13.4. The Morgan fingerprint density at radius 2 is 1.95 bits per heavy atom. The Labute approximate surface area is 136 Å². The van der Waals surface area contributed by atoms with E-state index in [-0.39, 0.29) is 18.7 Å². The maximum absolute atomic E-state index is 12.0. The van der Waals surface area contributed by atoms with Gasteiger partial charge in [0, 0.05) is 10.9 Å². The molecule has 0 radical (unpaired) electrons. The number of aryl methyl sites for hydroxylation is 1. The lowest BCUT2D eigenvalue weighted by Gasteiger charge is -2.17. The van der Waals surface area contributed by atoms with E-state index < -0.39 is 12.0 Å². The molecule has 2 aromatic rings. The fourth-order valence-electron chi connectivity index (χ4n) is 2.08. The molecule has 1 heterocycles. The number of halogens is 1. The van der Waals surface area contributed by atoms with E-state index in [9.17, 15) is 9.59 Å². The van der Waals surface area contributed by atoms with Gasteiger partial charge in [-0.1, -0.05) is 28.1 Å². The molecule has 0 aliphatic carbocycles. The normalized spacial score (nSPS) is 11.9. The van der Waals surface area contributed by atoms with E-state index in [1.54, 1.807) is 30.7 Å². The van der Waals surface area contributed by atoms with E-state index in [2.05, 4.69) is 21.2 Å². The minimum atomic E-state index is -0.956. The van der Waals surface area contributed by atoms with Crippen molar-refractivity contribution in [1.29, 1.82) is 0 Å². The van der Waals surface area contributed by atoms with E-state index >= 15 is 0 Å². The van der Waals surface area contributed by atoms with Crippen LogP contribution in [0.4, 0.5) is 0 Å². The van der Waals surface area contributed by atoms with Crippen LogP contribution < -0.4 is 5.32 Å². The maximum atomic E-state index is 12.0. The van der Waals surface area contributed by atoms with Crippen molar-refractivity contribution in [3.05, 3.63) is 58.5 Å². The van der Waals surface area contributed by atoms with E-state index in [1.165, 1.54) is 0 Å². The molecule has 0 saturated heterocycles. The van der Waals surface area contributed by atoms with Gasteiger partial charge in [-0.25, -0.2) is 0 Å². The molecule has 1 amide bonds. The quantitative estimate of drug-likeness (QED) is 0.788. The molecule has 0 spiro atoms. The van der Waals surface area contributed by atoms with Crippen LogP contribution in [0.3, 0.4) is 0 Å². The molecule has 0 fully saturated rings. The lowest BCUT2D eigenvalue weighted by Crippen LogP contribution is -2.30. The number of carbonyl (C=O) groups excluding carboxylic acids is 1. The number of carbonyl (C=O) groups is 2. The van der Waals surface area contributed by atoms with Crippen molar-refractivity contribution in [2.24, 2.45) is 0 Å². The minimum Gasteiger partial charge on any atom is -0.481 e. The summed E-state index contributed by atoms with van der Waals surface area (Å²) in [5.74, 6) is -1.14. The summed E-state index contributed by atoms with van der Waals surface area (Å²) in [7, 11) is 0.